The van der Waals surface area contributed by atoms with Gasteiger partial charge >= 0.3 is 6.09 Å². The molecule has 25 heavy (non-hydrogen) atoms. The first-order chi connectivity index (χ1) is 11.6. The van der Waals surface area contributed by atoms with E-state index in [2.05, 4.69) is 0 Å². The summed E-state index contributed by atoms with van der Waals surface area (Å²) in [6.07, 6.45) is -0.127. The van der Waals surface area contributed by atoms with E-state index < -0.39 is 29.4 Å². The Morgan fingerprint density at radius 3 is 2.68 bits per heavy atom. The van der Waals surface area contributed by atoms with Gasteiger partial charge in [0.25, 0.3) is 0 Å². The van der Waals surface area contributed by atoms with Gasteiger partial charge in [-0.25, -0.2) is 13.6 Å². The van der Waals surface area contributed by atoms with Crippen molar-refractivity contribution in [3.63, 3.8) is 0 Å². The second kappa shape index (κ2) is 7.26. The average molecular weight is 352 g/mol. The molecule has 136 valence electrons. The van der Waals surface area contributed by atoms with Gasteiger partial charge in [0, 0.05) is 31.1 Å². The fourth-order valence-corrected chi connectivity index (χ4v) is 2.71. The number of hydrogen-bond donors (Lipinski definition) is 0. The highest BCUT2D eigenvalue weighted by atomic mass is 19.1. The number of benzene rings is 1. The molecule has 0 aliphatic carbocycles. The Morgan fingerprint density at radius 1 is 1.40 bits per heavy atom. The molecule has 0 radical (unpaired) electrons. The average Bonchev–Trinajstić information content (AvgIpc) is 2.95. The predicted molar refractivity (Wildman–Crippen MR) is 87.1 cm³/mol. The highest BCUT2D eigenvalue weighted by Crippen LogP contribution is 2.28. The van der Waals surface area contributed by atoms with Crippen molar-refractivity contribution in [2.45, 2.75) is 45.8 Å². The smallest absolute Gasteiger partial charge is 0.410 e. The van der Waals surface area contributed by atoms with E-state index in [1.54, 1.807) is 38.7 Å². The van der Waals surface area contributed by atoms with Crippen LogP contribution in [0.15, 0.2) is 12.1 Å². The van der Waals surface area contributed by atoms with Crippen LogP contribution in [0.2, 0.25) is 0 Å². The van der Waals surface area contributed by atoms with E-state index in [1.807, 2.05) is 0 Å². The summed E-state index contributed by atoms with van der Waals surface area (Å²) >= 11 is 0. The lowest BCUT2D eigenvalue weighted by molar-refractivity contribution is 0.0277. The molecule has 0 aromatic heterocycles. The van der Waals surface area contributed by atoms with Gasteiger partial charge in [-0.1, -0.05) is 0 Å². The zero-order valence-corrected chi connectivity index (χ0v) is 14.8. The minimum absolute atomic E-state index is 0.0228. The van der Waals surface area contributed by atoms with Crippen LogP contribution in [0.3, 0.4) is 0 Å². The summed E-state index contributed by atoms with van der Waals surface area (Å²) in [5.41, 5.74) is -0.895. The fraction of sp³-hybridized carbons (Fsp3) is 0.556. The maximum Gasteiger partial charge on any atom is 0.410 e. The second-order valence-electron chi connectivity index (χ2n) is 7.17. The normalized spacial score (nSPS) is 18.6. The Labute approximate surface area is 146 Å². The van der Waals surface area contributed by atoms with Gasteiger partial charge in [-0.15, -0.1) is 0 Å². The molecule has 1 aromatic rings. The fourth-order valence-electron chi connectivity index (χ4n) is 2.71. The summed E-state index contributed by atoms with van der Waals surface area (Å²) < 4.78 is 38.0. The molecule has 2 rings (SSSR count). The largest absolute Gasteiger partial charge is 0.489 e. The van der Waals surface area contributed by atoms with Gasteiger partial charge in [0.2, 0.25) is 0 Å². The van der Waals surface area contributed by atoms with Crippen LogP contribution in [0.5, 0.6) is 5.75 Å². The van der Waals surface area contributed by atoms with Crippen LogP contribution in [-0.2, 0) is 4.74 Å². The Kier molecular flexibility index (Phi) is 5.51. The summed E-state index contributed by atoms with van der Waals surface area (Å²) in [5.74, 6) is -1.90. The zero-order valence-electron chi connectivity index (χ0n) is 14.8. The summed E-state index contributed by atoms with van der Waals surface area (Å²) in [4.78, 5) is 13.7. The van der Waals surface area contributed by atoms with Gasteiger partial charge in [-0.3, -0.25) is 0 Å². The molecule has 1 heterocycles. The van der Waals surface area contributed by atoms with Crippen LogP contribution in [-0.4, -0.2) is 35.8 Å². The van der Waals surface area contributed by atoms with Crippen LogP contribution in [0.25, 0.3) is 0 Å². The van der Waals surface area contributed by atoms with Gasteiger partial charge in [0.1, 0.15) is 40.7 Å². The molecule has 2 unspecified atom stereocenters. The van der Waals surface area contributed by atoms with E-state index in [0.29, 0.717) is 25.6 Å². The van der Waals surface area contributed by atoms with Crippen molar-refractivity contribution >= 4 is 6.09 Å². The van der Waals surface area contributed by atoms with Crippen LogP contribution in [0.4, 0.5) is 13.6 Å². The highest BCUT2D eigenvalue weighted by molar-refractivity contribution is 5.68. The molecule has 5 nitrogen and oxygen atoms in total. The molecular formula is C18H22F2N2O3. The lowest BCUT2D eigenvalue weighted by Gasteiger charge is -2.25. The molecule has 1 aromatic carbocycles. The molecule has 1 saturated heterocycles. The van der Waals surface area contributed by atoms with Crippen molar-refractivity contribution in [2.75, 3.05) is 13.1 Å². The van der Waals surface area contributed by atoms with Gasteiger partial charge < -0.3 is 14.4 Å². The van der Waals surface area contributed by atoms with Gasteiger partial charge in [-0.2, -0.15) is 5.26 Å². The third-order valence-electron chi connectivity index (χ3n) is 3.98. The Bertz CT molecular complexity index is 695. The van der Waals surface area contributed by atoms with Gasteiger partial charge in [0.05, 0.1) is 0 Å². The van der Waals surface area contributed by atoms with Crippen molar-refractivity contribution in [3.05, 3.63) is 29.3 Å². The molecule has 0 saturated carbocycles. The van der Waals surface area contributed by atoms with Crippen molar-refractivity contribution < 1.29 is 23.0 Å². The van der Waals surface area contributed by atoms with Gasteiger partial charge in [-0.05, 0) is 34.1 Å². The summed E-state index contributed by atoms with van der Waals surface area (Å²) in [5, 5.41) is 9.03. The maximum absolute atomic E-state index is 13.7. The van der Waals surface area contributed by atoms with E-state index in [4.69, 9.17) is 14.7 Å². The molecule has 1 aliphatic heterocycles. The predicted octanol–water partition coefficient (Wildman–Crippen LogP) is 3.86. The van der Waals surface area contributed by atoms with E-state index in [0.717, 1.165) is 6.07 Å². The van der Waals surface area contributed by atoms with Crippen LogP contribution in [0.1, 0.15) is 39.7 Å². The lowest BCUT2D eigenvalue weighted by atomic mass is 10.0. The van der Waals surface area contributed by atoms with Crippen LogP contribution >= 0.6 is 0 Å². The minimum Gasteiger partial charge on any atom is -0.489 e. The molecule has 0 spiro atoms. The second-order valence-corrected chi connectivity index (χ2v) is 7.17. The third-order valence-corrected chi connectivity index (χ3v) is 3.98. The number of likely N-dealkylation sites (tertiary alicyclic amines) is 1. The Balaban J connectivity index is 2.03. The highest BCUT2D eigenvalue weighted by Gasteiger charge is 2.33. The monoisotopic (exact) mass is 352 g/mol. The van der Waals surface area contributed by atoms with Crippen LogP contribution < -0.4 is 4.74 Å². The van der Waals surface area contributed by atoms with Crippen molar-refractivity contribution in [1.82, 2.24) is 4.90 Å². The standard InChI is InChI=1S/C18H22F2N2O3/c1-11(24-16-8-13(19)7-15(20)14(16)9-21)12-5-6-22(10-12)17(23)25-18(2,3)4/h7-8,11-12H,5-6,10H2,1-4H3. The van der Waals surface area contributed by atoms with E-state index in [9.17, 15) is 13.6 Å². The number of rotatable bonds is 3. The summed E-state index contributed by atoms with van der Waals surface area (Å²) in [6, 6.07) is 3.34. The lowest BCUT2D eigenvalue weighted by Crippen LogP contribution is -2.36. The van der Waals surface area contributed by atoms with Crippen molar-refractivity contribution in [1.29, 1.82) is 5.26 Å². The minimum atomic E-state index is -0.952. The summed E-state index contributed by atoms with van der Waals surface area (Å²) in [6.45, 7) is 8.10. The van der Waals surface area contributed by atoms with E-state index >= 15 is 0 Å². The summed E-state index contributed by atoms with van der Waals surface area (Å²) in [7, 11) is 0. The molecule has 1 fully saturated rings. The Morgan fingerprint density at radius 2 is 2.08 bits per heavy atom. The van der Waals surface area contributed by atoms with E-state index in [-0.39, 0.29) is 17.2 Å². The number of carbonyl (C=O) groups is 1. The number of hydrogen-bond acceptors (Lipinski definition) is 4. The number of amides is 1. The molecule has 1 aliphatic rings. The first-order valence-corrected chi connectivity index (χ1v) is 8.14. The molecule has 0 bridgehead atoms. The quantitative estimate of drug-likeness (QED) is 0.829. The molecule has 1 amide bonds. The SMILES string of the molecule is CC(Oc1cc(F)cc(F)c1C#N)C1CCN(C(=O)OC(C)(C)C)C1. The first-order valence-electron chi connectivity index (χ1n) is 8.14. The Hall–Kier alpha value is -2.36. The van der Waals surface area contributed by atoms with E-state index in [1.165, 1.54) is 0 Å². The molecular weight excluding hydrogens is 330 g/mol. The topological polar surface area (TPSA) is 62.6 Å². The number of ether oxygens (including phenoxy) is 2. The number of carbonyl (C=O) groups excluding carboxylic acids is 1. The number of halogens is 2. The molecule has 0 N–H and O–H groups in total. The van der Waals surface area contributed by atoms with Crippen LogP contribution in [0, 0.1) is 28.9 Å². The molecule has 7 heteroatoms. The molecule has 2 atom stereocenters. The van der Waals surface area contributed by atoms with Gasteiger partial charge in [0.15, 0.2) is 0 Å². The maximum atomic E-state index is 13.7. The zero-order chi connectivity index (χ0) is 18.8. The third kappa shape index (κ3) is 4.81. The first kappa shape index (κ1) is 19.0. The van der Waals surface area contributed by atoms with Crippen molar-refractivity contribution in [2.24, 2.45) is 5.92 Å². The number of nitrogens with zero attached hydrogens (tertiary/aromatic N) is 2. The van der Waals surface area contributed by atoms with Crippen molar-refractivity contribution in [3.8, 4) is 11.8 Å². The number of nitriles is 1.